The molecule has 0 aromatic heterocycles. The highest BCUT2D eigenvalue weighted by atomic mass is 19.1. The second kappa shape index (κ2) is 6.23. The van der Waals surface area contributed by atoms with Gasteiger partial charge in [0.25, 0.3) is 0 Å². The zero-order valence-corrected chi connectivity index (χ0v) is 9.59. The Labute approximate surface area is 95.0 Å². The number of amides is 1. The van der Waals surface area contributed by atoms with Gasteiger partial charge in [0.1, 0.15) is 5.82 Å². The lowest BCUT2D eigenvalue weighted by atomic mass is 10.1. The van der Waals surface area contributed by atoms with Gasteiger partial charge in [-0.15, -0.1) is 0 Å². The Hall–Kier alpha value is -1.42. The highest BCUT2D eigenvalue weighted by Crippen LogP contribution is 2.15. The fourth-order valence-electron chi connectivity index (χ4n) is 1.46. The van der Waals surface area contributed by atoms with E-state index >= 15 is 0 Å². The molecule has 1 unspecified atom stereocenters. The van der Waals surface area contributed by atoms with E-state index in [-0.39, 0.29) is 17.8 Å². The van der Waals surface area contributed by atoms with Crippen molar-refractivity contribution in [1.29, 1.82) is 0 Å². The van der Waals surface area contributed by atoms with Crippen molar-refractivity contribution in [1.82, 2.24) is 10.6 Å². The first-order valence-electron chi connectivity index (χ1n) is 5.33. The first kappa shape index (κ1) is 12.6. The summed E-state index contributed by atoms with van der Waals surface area (Å²) in [6.45, 7) is 2.39. The summed E-state index contributed by atoms with van der Waals surface area (Å²) in [5.41, 5.74) is 0.514. The molecule has 0 fully saturated rings. The second-order valence-corrected chi connectivity index (χ2v) is 3.66. The van der Waals surface area contributed by atoms with Gasteiger partial charge in [0, 0.05) is 18.5 Å². The lowest BCUT2D eigenvalue weighted by Crippen LogP contribution is -2.29. The molecule has 1 atom stereocenters. The molecule has 0 aliphatic rings. The molecular weight excluding hydrogens is 207 g/mol. The summed E-state index contributed by atoms with van der Waals surface area (Å²) in [5, 5.41) is 5.64. The van der Waals surface area contributed by atoms with Crippen LogP contribution in [-0.2, 0) is 4.79 Å². The Morgan fingerprint density at radius 2 is 2.12 bits per heavy atom. The summed E-state index contributed by atoms with van der Waals surface area (Å²) >= 11 is 0. The SMILES string of the molecule is CNCCC(=O)NC(C)c1ccccc1F. The summed E-state index contributed by atoms with van der Waals surface area (Å²) in [7, 11) is 1.79. The van der Waals surface area contributed by atoms with E-state index in [9.17, 15) is 9.18 Å². The van der Waals surface area contributed by atoms with Gasteiger partial charge in [-0.1, -0.05) is 18.2 Å². The third-order valence-electron chi connectivity index (χ3n) is 2.35. The number of hydrogen-bond donors (Lipinski definition) is 2. The minimum absolute atomic E-state index is 0.0786. The Kier molecular flexibility index (Phi) is 4.92. The van der Waals surface area contributed by atoms with Gasteiger partial charge in [0.05, 0.1) is 6.04 Å². The Morgan fingerprint density at radius 3 is 2.75 bits per heavy atom. The molecule has 0 bridgehead atoms. The van der Waals surface area contributed by atoms with Crippen molar-refractivity contribution < 1.29 is 9.18 Å². The van der Waals surface area contributed by atoms with Gasteiger partial charge in [-0.2, -0.15) is 0 Å². The van der Waals surface area contributed by atoms with Crippen molar-refractivity contribution in [2.45, 2.75) is 19.4 Å². The van der Waals surface area contributed by atoms with Gasteiger partial charge < -0.3 is 10.6 Å². The molecule has 0 aliphatic heterocycles. The van der Waals surface area contributed by atoms with E-state index in [4.69, 9.17) is 0 Å². The minimum Gasteiger partial charge on any atom is -0.349 e. The summed E-state index contributed by atoms with van der Waals surface area (Å²) < 4.78 is 13.4. The maximum Gasteiger partial charge on any atom is 0.221 e. The van der Waals surface area contributed by atoms with E-state index in [1.165, 1.54) is 6.07 Å². The molecule has 2 N–H and O–H groups in total. The molecule has 0 aliphatic carbocycles. The topological polar surface area (TPSA) is 41.1 Å². The third kappa shape index (κ3) is 3.62. The predicted octanol–water partition coefficient (Wildman–Crippen LogP) is 1.61. The Bertz CT molecular complexity index is 355. The van der Waals surface area contributed by atoms with Crippen molar-refractivity contribution in [3.8, 4) is 0 Å². The Balaban J connectivity index is 2.55. The van der Waals surface area contributed by atoms with E-state index in [0.29, 0.717) is 18.5 Å². The summed E-state index contributed by atoms with van der Waals surface area (Å²) in [6, 6.07) is 6.16. The average molecular weight is 224 g/mol. The van der Waals surface area contributed by atoms with Crippen LogP contribution in [0, 0.1) is 5.82 Å². The third-order valence-corrected chi connectivity index (χ3v) is 2.35. The van der Waals surface area contributed by atoms with Gasteiger partial charge in [0.15, 0.2) is 0 Å². The van der Waals surface area contributed by atoms with Crippen LogP contribution in [0.3, 0.4) is 0 Å². The standard InChI is InChI=1S/C12H17FN2O/c1-9(15-12(16)7-8-14-2)10-5-3-4-6-11(10)13/h3-6,9,14H,7-8H2,1-2H3,(H,15,16). The summed E-state index contributed by atoms with van der Waals surface area (Å²) in [5.74, 6) is -0.367. The summed E-state index contributed by atoms with van der Waals surface area (Å²) in [6.07, 6.45) is 0.398. The normalized spacial score (nSPS) is 12.2. The number of benzene rings is 1. The molecule has 0 heterocycles. The van der Waals surface area contributed by atoms with Crippen LogP contribution in [0.25, 0.3) is 0 Å². The van der Waals surface area contributed by atoms with E-state index in [2.05, 4.69) is 10.6 Å². The number of carbonyl (C=O) groups excluding carboxylic acids is 1. The highest BCUT2D eigenvalue weighted by Gasteiger charge is 2.12. The molecule has 88 valence electrons. The largest absolute Gasteiger partial charge is 0.349 e. The molecule has 0 spiro atoms. The molecule has 4 heteroatoms. The fraction of sp³-hybridized carbons (Fsp3) is 0.417. The maximum atomic E-state index is 13.4. The van der Waals surface area contributed by atoms with Crippen LogP contribution in [0.1, 0.15) is 24.9 Å². The molecule has 1 rings (SSSR count). The smallest absolute Gasteiger partial charge is 0.221 e. The molecule has 16 heavy (non-hydrogen) atoms. The zero-order chi connectivity index (χ0) is 12.0. The molecule has 0 saturated heterocycles. The zero-order valence-electron chi connectivity index (χ0n) is 9.59. The van der Waals surface area contributed by atoms with E-state index in [1.54, 1.807) is 32.2 Å². The van der Waals surface area contributed by atoms with Gasteiger partial charge in [0.2, 0.25) is 5.91 Å². The number of halogens is 1. The number of nitrogens with one attached hydrogen (secondary N) is 2. The molecule has 3 nitrogen and oxygen atoms in total. The van der Waals surface area contributed by atoms with Crippen LogP contribution in [0.15, 0.2) is 24.3 Å². The van der Waals surface area contributed by atoms with E-state index in [0.717, 1.165) is 0 Å². The lowest BCUT2D eigenvalue weighted by molar-refractivity contribution is -0.121. The van der Waals surface area contributed by atoms with Gasteiger partial charge >= 0.3 is 0 Å². The van der Waals surface area contributed by atoms with Crippen molar-refractivity contribution in [3.05, 3.63) is 35.6 Å². The van der Waals surface area contributed by atoms with Gasteiger partial charge in [-0.05, 0) is 20.0 Å². The number of rotatable bonds is 5. The maximum absolute atomic E-state index is 13.4. The minimum atomic E-state index is -0.300. The van der Waals surface area contributed by atoms with Crippen molar-refractivity contribution in [3.63, 3.8) is 0 Å². The monoisotopic (exact) mass is 224 g/mol. The first-order valence-corrected chi connectivity index (χ1v) is 5.33. The Morgan fingerprint density at radius 1 is 1.44 bits per heavy atom. The van der Waals surface area contributed by atoms with Crippen LogP contribution in [0.2, 0.25) is 0 Å². The van der Waals surface area contributed by atoms with Crippen molar-refractivity contribution in [2.24, 2.45) is 0 Å². The average Bonchev–Trinajstić information content (AvgIpc) is 2.26. The predicted molar refractivity (Wildman–Crippen MR) is 61.5 cm³/mol. The van der Waals surface area contributed by atoms with Crippen LogP contribution < -0.4 is 10.6 Å². The fourth-order valence-corrected chi connectivity index (χ4v) is 1.46. The molecule has 1 amide bonds. The second-order valence-electron chi connectivity index (χ2n) is 3.66. The van der Waals surface area contributed by atoms with Crippen molar-refractivity contribution >= 4 is 5.91 Å². The van der Waals surface area contributed by atoms with Gasteiger partial charge in [-0.3, -0.25) is 4.79 Å². The van der Waals surface area contributed by atoms with E-state index < -0.39 is 0 Å². The molecular formula is C12H17FN2O. The molecule has 0 saturated carbocycles. The molecule has 0 radical (unpaired) electrons. The number of carbonyl (C=O) groups is 1. The molecule has 1 aromatic rings. The van der Waals surface area contributed by atoms with Crippen LogP contribution in [-0.4, -0.2) is 19.5 Å². The van der Waals surface area contributed by atoms with Crippen molar-refractivity contribution in [2.75, 3.05) is 13.6 Å². The lowest BCUT2D eigenvalue weighted by Gasteiger charge is -2.14. The molecule has 1 aromatic carbocycles. The number of hydrogen-bond acceptors (Lipinski definition) is 2. The van der Waals surface area contributed by atoms with Crippen LogP contribution in [0.5, 0.6) is 0 Å². The van der Waals surface area contributed by atoms with Gasteiger partial charge in [-0.25, -0.2) is 4.39 Å². The van der Waals surface area contributed by atoms with Crippen LogP contribution >= 0.6 is 0 Å². The van der Waals surface area contributed by atoms with Crippen LogP contribution in [0.4, 0.5) is 4.39 Å². The van der Waals surface area contributed by atoms with E-state index in [1.807, 2.05) is 0 Å². The highest BCUT2D eigenvalue weighted by molar-refractivity contribution is 5.76. The summed E-state index contributed by atoms with van der Waals surface area (Å²) in [4.78, 5) is 11.4. The first-order chi connectivity index (χ1) is 7.65. The quantitative estimate of drug-likeness (QED) is 0.798.